The lowest BCUT2D eigenvalue weighted by Gasteiger charge is -2.29. The van der Waals surface area contributed by atoms with Gasteiger partial charge in [0.05, 0.1) is 36.7 Å². The molecule has 1 saturated heterocycles. The van der Waals surface area contributed by atoms with Crippen LogP contribution in [0.15, 0.2) is 17.2 Å². The van der Waals surface area contributed by atoms with Gasteiger partial charge in [0.25, 0.3) is 5.56 Å². The molecule has 1 fully saturated rings. The van der Waals surface area contributed by atoms with Gasteiger partial charge < -0.3 is 14.6 Å². The molecule has 8 heteroatoms. The van der Waals surface area contributed by atoms with Crippen molar-refractivity contribution in [3.05, 3.63) is 39.7 Å². The molecule has 1 N–H and O–H groups in total. The molecule has 1 atom stereocenters. The van der Waals surface area contributed by atoms with Gasteiger partial charge in [-0.2, -0.15) is 0 Å². The third-order valence-corrected chi connectivity index (χ3v) is 4.69. The monoisotopic (exact) mass is 341 g/mol. The maximum atomic E-state index is 12.6. The number of ether oxygens (including phenoxy) is 1. The summed E-state index contributed by atoms with van der Waals surface area (Å²) in [6.45, 7) is 3.85. The van der Waals surface area contributed by atoms with E-state index < -0.39 is 0 Å². The van der Waals surface area contributed by atoms with E-state index >= 15 is 0 Å². The molecule has 2 aromatic rings. The van der Waals surface area contributed by atoms with Gasteiger partial charge in [-0.1, -0.05) is 0 Å². The Hall–Kier alpha value is -2.61. The predicted molar refractivity (Wildman–Crippen MR) is 88.7 cm³/mol. The number of rotatable bonds is 2. The highest BCUT2D eigenvalue weighted by molar-refractivity contribution is 5.79. The summed E-state index contributed by atoms with van der Waals surface area (Å²) in [6.07, 6.45) is 4.48. The number of carbonyl (C=O) groups is 1. The van der Waals surface area contributed by atoms with Crippen molar-refractivity contribution in [3.63, 3.8) is 0 Å². The summed E-state index contributed by atoms with van der Waals surface area (Å²) in [4.78, 5) is 42.5. The lowest BCUT2D eigenvalue weighted by atomic mass is 10.0. The molecule has 2 aromatic heterocycles. The number of fused-ring (bicyclic) bond motifs is 1. The number of H-pyrrole nitrogens is 1. The summed E-state index contributed by atoms with van der Waals surface area (Å²) in [5, 5.41) is 0. The van der Waals surface area contributed by atoms with E-state index in [1.807, 2.05) is 6.92 Å². The quantitative estimate of drug-likeness (QED) is 0.851. The van der Waals surface area contributed by atoms with Crippen LogP contribution in [0.1, 0.15) is 23.4 Å². The van der Waals surface area contributed by atoms with Gasteiger partial charge in [0.15, 0.2) is 5.82 Å². The molecule has 0 unspecified atom stereocenters. The first kappa shape index (κ1) is 15.9. The number of amides is 1. The molecule has 0 aliphatic carbocycles. The fourth-order valence-electron chi connectivity index (χ4n) is 3.25. The van der Waals surface area contributed by atoms with Crippen LogP contribution < -0.4 is 5.56 Å². The van der Waals surface area contributed by atoms with Crippen LogP contribution in [0.5, 0.6) is 0 Å². The third kappa shape index (κ3) is 3.05. The average molecular weight is 341 g/mol. The van der Waals surface area contributed by atoms with E-state index in [4.69, 9.17) is 4.74 Å². The number of nitrogens with zero attached hydrogens (tertiary/aromatic N) is 4. The van der Waals surface area contributed by atoms with Gasteiger partial charge >= 0.3 is 0 Å². The smallest absolute Gasteiger partial charge is 0.254 e. The second kappa shape index (κ2) is 6.36. The fourth-order valence-corrected chi connectivity index (χ4v) is 3.25. The second-order valence-electron chi connectivity index (χ2n) is 6.45. The highest BCUT2D eigenvalue weighted by atomic mass is 16.5. The number of aromatic nitrogens is 4. The Kier molecular flexibility index (Phi) is 4.04. The van der Waals surface area contributed by atoms with Crippen LogP contribution in [0.2, 0.25) is 0 Å². The van der Waals surface area contributed by atoms with E-state index in [-0.39, 0.29) is 17.4 Å². The number of aryl methyl sites for hydroxylation is 1. The number of aromatic amines is 1. The fraction of sp³-hybridized carbons (Fsp3) is 0.471. The Morgan fingerprint density at radius 2 is 2.24 bits per heavy atom. The normalized spacial score (nSPS) is 19.7. The van der Waals surface area contributed by atoms with Crippen molar-refractivity contribution in [1.82, 2.24) is 24.8 Å². The minimum atomic E-state index is -0.168. The maximum Gasteiger partial charge on any atom is 0.254 e. The molecule has 0 saturated carbocycles. The largest absolute Gasteiger partial charge is 0.381 e. The first-order chi connectivity index (χ1) is 12.1. The Morgan fingerprint density at radius 1 is 1.36 bits per heavy atom. The number of hydrogen-bond acceptors (Lipinski definition) is 6. The lowest BCUT2D eigenvalue weighted by Crippen LogP contribution is -2.42. The van der Waals surface area contributed by atoms with Crippen LogP contribution in [0, 0.1) is 12.8 Å². The standard InChI is InChI=1S/C17H19N5O3/c1-10-6-19-13(7-18-10)15-20-14-8-22(4-2-12(14)16(23)21-15)17(24)11-3-5-25-9-11/h6-7,11H,2-5,8-9H2,1H3,(H,20,21,23)/t11-/m0/s1. The molecule has 0 spiro atoms. The Balaban J connectivity index is 1.63. The van der Waals surface area contributed by atoms with E-state index in [1.165, 1.54) is 0 Å². The molecule has 0 radical (unpaired) electrons. The third-order valence-electron chi connectivity index (χ3n) is 4.69. The van der Waals surface area contributed by atoms with Gasteiger partial charge in [0.1, 0.15) is 5.69 Å². The summed E-state index contributed by atoms with van der Waals surface area (Å²) in [5.41, 5.74) is 2.42. The van der Waals surface area contributed by atoms with Gasteiger partial charge in [-0.15, -0.1) is 0 Å². The number of hydrogen-bond donors (Lipinski definition) is 1. The van der Waals surface area contributed by atoms with Crippen LogP contribution in [0.25, 0.3) is 11.5 Å². The van der Waals surface area contributed by atoms with Crippen molar-refractivity contribution in [2.75, 3.05) is 19.8 Å². The molecule has 8 nitrogen and oxygen atoms in total. The Bertz CT molecular complexity index is 856. The first-order valence-electron chi connectivity index (χ1n) is 8.39. The first-order valence-corrected chi connectivity index (χ1v) is 8.39. The van der Waals surface area contributed by atoms with E-state index in [9.17, 15) is 9.59 Å². The van der Waals surface area contributed by atoms with E-state index in [1.54, 1.807) is 17.3 Å². The maximum absolute atomic E-state index is 12.6. The predicted octanol–water partition coefficient (Wildman–Crippen LogP) is 0.457. The SMILES string of the molecule is Cc1cnc(-c2nc3c(c(=O)[nH]2)CCN(C(=O)[C@H]2CCOC2)C3)cn1. The lowest BCUT2D eigenvalue weighted by molar-refractivity contribution is -0.136. The van der Waals surface area contributed by atoms with Crippen LogP contribution in [-0.4, -0.2) is 50.5 Å². The van der Waals surface area contributed by atoms with Crippen molar-refractivity contribution in [3.8, 4) is 11.5 Å². The molecular formula is C17H19N5O3. The summed E-state index contributed by atoms with van der Waals surface area (Å²) in [7, 11) is 0. The van der Waals surface area contributed by atoms with Gasteiger partial charge in [-0.3, -0.25) is 14.6 Å². The van der Waals surface area contributed by atoms with Crippen LogP contribution in [0.4, 0.5) is 0 Å². The summed E-state index contributed by atoms with van der Waals surface area (Å²) >= 11 is 0. The molecule has 2 aliphatic rings. The molecule has 4 rings (SSSR count). The molecule has 4 heterocycles. The van der Waals surface area contributed by atoms with Crippen LogP contribution in [0.3, 0.4) is 0 Å². The van der Waals surface area contributed by atoms with E-state index in [2.05, 4.69) is 19.9 Å². The minimum Gasteiger partial charge on any atom is -0.381 e. The highest BCUT2D eigenvalue weighted by Crippen LogP contribution is 2.21. The summed E-state index contributed by atoms with van der Waals surface area (Å²) in [6, 6.07) is 0. The number of carbonyl (C=O) groups excluding carboxylic acids is 1. The van der Waals surface area contributed by atoms with Crippen molar-refractivity contribution >= 4 is 5.91 Å². The van der Waals surface area contributed by atoms with Crippen molar-refractivity contribution in [2.45, 2.75) is 26.3 Å². The summed E-state index contributed by atoms with van der Waals surface area (Å²) in [5.74, 6) is 0.391. The molecule has 0 bridgehead atoms. The highest BCUT2D eigenvalue weighted by Gasteiger charge is 2.31. The average Bonchev–Trinajstić information content (AvgIpc) is 3.16. The van der Waals surface area contributed by atoms with Crippen LogP contribution >= 0.6 is 0 Å². The van der Waals surface area contributed by atoms with Gasteiger partial charge in [0, 0.05) is 24.9 Å². The molecule has 130 valence electrons. The zero-order valence-electron chi connectivity index (χ0n) is 14.0. The topological polar surface area (TPSA) is 101 Å². The Morgan fingerprint density at radius 3 is 2.96 bits per heavy atom. The zero-order valence-corrected chi connectivity index (χ0v) is 14.0. The Labute approximate surface area is 144 Å². The molecular weight excluding hydrogens is 322 g/mol. The zero-order chi connectivity index (χ0) is 17.4. The molecule has 0 aromatic carbocycles. The summed E-state index contributed by atoms with van der Waals surface area (Å²) < 4.78 is 5.31. The van der Waals surface area contributed by atoms with Crippen molar-refractivity contribution in [2.24, 2.45) is 5.92 Å². The molecule has 25 heavy (non-hydrogen) atoms. The second-order valence-corrected chi connectivity index (χ2v) is 6.45. The van der Waals surface area contributed by atoms with Gasteiger partial charge in [-0.05, 0) is 19.8 Å². The van der Waals surface area contributed by atoms with Gasteiger partial charge in [-0.25, -0.2) is 9.97 Å². The van der Waals surface area contributed by atoms with Crippen molar-refractivity contribution < 1.29 is 9.53 Å². The molecule has 2 aliphatic heterocycles. The molecule has 1 amide bonds. The number of nitrogens with one attached hydrogen (secondary N) is 1. The van der Waals surface area contributed by atoms with E-state index in [0.717, 1.165) is 12.1 Å². The van der Waals surface area contributed by atoms with Crippen LogP contribution in [-0.2, 0) is 22.5 Å². The minimum absolute atomic E-state index is 0.0778. The van der Waals surface area contributed by atoms with Crippen molar-refractivity contribution in [1.29, 1.82) is 0 Å². The van der Waals surface area contributed by atoms with E-state index in [0.29, 0.717) is 55.5 Å². The van der Waals surface area contributed by atoms with Gasteiger partial charge in [0.2, 0.25) is 5.91 Å².